The van der Waals surface area contributed by atoms with E-state index in [4.69, 9.17) is 21.3 Å². The van der Waals surface area contributed by atoms with Crippen LogP contribution in [0.4, 0.5) is 0 Å². The Kier molecular flexibility index (Phi) is 7.43. The molecule has 1 fully saturated rings. The summed E-state index contributed by atoms with van der Waals surface area (Å²) in [6, 6.07) is 21.7. The molecular weight excluding hydrogens is 466 g/mol. The van der Waals surface area contributed by atoms with Gasteiger partial charge in [0.05, 0.1) is 18.2 Å². The zero-order valence-corrected chi connectivity index (χ0v) is 20.7. The smallest absolute Gasteiger partial charge is 0.217 e. The average molecular weight is 494 g/mol. The van der Waals surface area contributed by atoms with Crippen molar-refractivity contribution >= 4 is 36.0 Å². The summed E-state index contributed by atoms with van der Waals surface area (Å²) >= 11 is 6.21. The van der Waals surface area contributed by atoms with Crippen LogP contribution in [0, 0.1) is 0 Å². The minimum Gasteiger partial charge on any atom is -0.481 e. The summed E-state index contributed by atoms with van der Waals surface area (Å²) < 4.78 is 5.75. The lowest BCUT2D eigenvalue weighted by atomic mass is 9.70. The number of aliphatic hydroxyl groups is 1. The number of pyridine rings is 2. The van der Waals surface area contributed by atoms with E-state index < -0.39 is 5.60 Å². The van der Waals surface area contributed by atoms with E-state index in [2.05, 4.69) is 16.4 Å². The van der Waals surface area contributed by atoms with Crippen LogP contribution in [0.3, 0.4) is 0 Å². The highest BCUT2D eigenvalue weighted by Gasteiger charge is 2.44. The van der Waals surface area contributed by atoms with Crippen LogP contribution in [0.5, 0.6) is 5.88 Å². The summed E-state index contributed by atoms with van der Waals surface area (Å²) in [5.74, 6) is 0.182. The predicted molar refractivity (Wildman–Crippen MR) is 141 cm³/mol. The average Bonchev–Trinajstić information content (AvgIpc) is 2.85. The number of nitrogens with zero attached hydrogens (tertiary/aromatic N) is 2. The Balaban J connectivity index is 0.00000274. The fourth-order valence-electron chi connectivity index (χ4n) is 4.99. The van der Waals surface area contributed by atoms with Gasteiger partial charge >= 0.3 is 0 Å². The molecule has 3 atom stereocenters. The molecule has 3 unspecified atom stereocenters. The van der Waals surface area contributed by atoms with Gasteiger partial charge in [0.2, 0.25) is 5.88 Å². The largest absolute Gasteiger partial charge is 0.481 e. The van der Waals surface area contributed by atoms with Gasteiger partial charge in [-0.3, -0.25) is 4.98 Å². The number of ether oxygens (including phenoxy) is 1. The molecule has 7 heteroatoms. The van der Waals surface area contributed by atoms with Crippen LogP contribution in [0.2, 0.25) is 5.02 Å². The highest BCUT2D eigenvalue weighted by molar-refractivity contribution is 7.59. The van der Waals surface area contributed by atoms with E-state index in [0.29, 0.717) is 30.3 Å². The maximum atomic E-state index is 12.3. The van der Waals surface area contributed by atoms with Crippen LogP contribution in [0.15, 0.2) is 79.1 Å². The number of benzene rings is 2. The Morgan fingerprint density at radius 3 is 2.65 bits per heavy atom. The summed E-state index contributed by atoms with van der Waals surface area (Å²) in [7, 11) is 1.63. The Bertz CT molecular complexity index is 1260. The summed E-state index contributed by atoms with van der Waals surface area (Å²) in [5.41, 5.74) is 2.74. The van der Waals surface area contributed by atoms with E-state index in [1.807, 2.05) is 66.9 Å². The number of methoxy groups -OCH3 is 1. The summed E-state index contributed by atoms with van der Waals surface area (Å²) in [6.45, 7) is 0.684. The van der Waals surface area contributed by atoms with Crippen molar-refractivity contribution in [2.45, 2.75) is 30.4 Å². The van der Waals surface area contributed by atoms with Gasteiger partial charge < -0.3 is 15.2 Å². The highest BCUT2D eigenvalue weighted by atomic mass is 35.5. The highest BCUT2D eigenvalue weighted by Crippen LogP contribution is 2.47. The van der Waals surface area contributed by atoms with Crippen LogP contribution >= 0.6 is 25.1 Å². The normalized spacial score (nSPS) is 21.0. The molecule has 0 aliphatic carbocycles. The fourth-order valence-corrected chi connectivity index (χ4v) is 5.12. The first-order valence-electron chi connectivity index (χ1n) is 11.1. The molecule has 0 spiro atoms. The van der Waals surface area contributed by atoms with Crippen molar-refractivity contribution in [3.63, 3.8) is 0 Å². The monoisotopic (exact) mass is 493 g/mol. The van der Waals surface area contributed by atoms with E-state index in [1.54, 1.807) is 13.3 Å². The van der Waals surface area contributed by atoms with Gasteiger partial charge in [-0.25, -0.2) is 4.98 Å². The van der Waals surface area contributed by atoms with Crippen LogP contribution in [-0.4, -0.2) is 34.3 Å². The number of hydrogen-bond acceptors (Lipinski definition) is 5. The molecule has 5 nitrogen and oxygen atoms in total. The molecule has 176 valence electrons. The SMILES string of the molecule is COc1nc2ccccc2cc1C(c1ccc(Cl)cc1)C1(O)CCNC(c2cccnc2)C1.S. The van der Waals surface area contributed by atoms with Crippen molar-refractivity contribution < 1.29 is 9.84 Å². The molecule has 0 saturated carbocycles. The van der Waals surface area contributed by atoms with Gasteiger partial charge in [-0.15, -0.1) is 0 Å². The minimum absolute atomic E-state index is 0. The van der Waals surface area contributed by atoms with Crippen molar-refractivity contribution in [3.8, 4) is 5.88 Å². The lowest BCUT2D eigenvalue weighted by molar-refractivity contribution is -0.0196. The number of nitrogens with one attached hydrogen (secondary N) is 1. The second-order valence-corrected chi connectivity index (χ2v) is 9.05. The van der Waals surface area contributed by atoms with Crippen molar-refractivity contribution in [3.05, 3.63) is 101 Å². The molecule has 0 radical (unpaired) electrons. The summed E-state index contributed by atoms with van der Waals surface area (Å²) in [4.78, 5) is 9.05. The van der Waals surface area contributed by atoms with Gasteiger partial charge in [-0.1, -0.05) is 48.0 Å². The summed E-state index contributed by atoms with van der Waals surface area (Å²) in [6.07, 6.45) is 4.74. The van der Waals surface area contributed by atoms with Crippen LogP contribution in [0.25, 0.3) is 10.9 Å². The van der Waals surface area contributed by atoms with Crippen molar-refractivity contribution in [2.24, 2.45) is 0 Å². The Morgan fingerprint density at radius 1 is 1.12 bits per heavy atom. The zero-order chi connectivity index (χ0) is 22.8. The lowest BCUT2D eigenvalue weighted by Crippen LogP contribution is -2.48. The second kappa shape index (κ2) is 10.3. The Labute approximate surface area is 211 Å². The molecule has 1 saturated heterocycles. The molecule has 34 heavy (non-hydrogen) atoms. The van der Waals surface area contributed by atoms with Gasteiger partial charge in [0.25, 0.3) is 0 Å². The zero-order valence-electron chi connectivity index (χ0n) is 18.9. The van der Waals surface area contributed by atoms with E-state index >= 15 is 0 Å². The molecule has 1 aliphatic rings. The van der Waals surface area contributed by atoms with Gasteiger partial charge in [0.1, 0.15) is 0 Å². The molecule has 3 heterocycles. The lowest BCUT2D eigenvalue weighted by Gasteiger charge is -2.43. The van der Waals surface area contributed by atoms with Gasteiger partial charge in [0.15, 0.2) is 0 Å². The van der Waals surface area contributed by atoms with E-state index in [-0.39, 0.29) is 25.5 Å². The molecule has 0 bridgehead atoms. The van der Waals surface area contributed by atoms with E-state index in [1.165, 1.54) is 0 Å². The first kappa shape index (κ1) is 24.5. The van der Waals surface area contributed by atoms with Gasteiger partial charge in [-0.2, -0.15) is 13.5 Å². The van der Waals surface area contributed by atoms with Crippen LogP contribution in [-0.2, 0) is 0 Å². The first-order valence-corrected chi connectivity index (χ1v) is 11.5. The maximum Gasteiger partial charge on any atom is 0.217 e. The first-order chi connectivity index (χ1) is 16.1. The number of fused-ring (bicyclic) bond motifs is 1. The minimum atomic E-state index is -1.03. The van der Waals surface area contributed by atoms with Crippen LogP contribution < -0.4 is 10.1 Å². The molecule has 4 aromatic rings. The quantitative estimate of drug-likeness (QED) is 0.390. The molecule has 2 aromatic carbocycles. The molecule has 5 rings (SSSR count). The van der Waals surface area contributed by atoms with Gasteiger partial charge in [-0.05, 0) is 60.8 Å². The number of hydrogen-bond donors (Lipinski definition) is 2. The topological polar surface area (TPSA) is 67.3 Å². The van der Waals surface area contributed by atoms with Crippen LogP contribution in [0.1, 0.15) is 41.5 Å². The van der Waals surface area contributed by atoms with E-state index in [9.17, 15) is 5.11 Å². The number of aromatic nitrogens is 2. The third kappa shape index (κ3) is 4.77. The molecule has 0 amide bonds. The fraction of sp³-hybridized carbons (Fsp3) is 0.259. The summed E-state index contributed by atoms with van der Waals surface area (Å²) in [5, 5.41) is 17.5. The number of piperidine rings is 1. The maximum absolute atomic E-state index is 12.3. The van der Waals surface area contributed by atoms with Crippen molar-refractivity contribution in [1.29, 1.82) is 0 Å². The Hall–Kier alpha value is -2.64. The molecule has 1 aliphatic heterocycles. The van der Waals surface area contributed by atoms with Crippen molar-refractivity contribution in [1.82, 2.24) is 15.3 Å². The predicted octanol–water partition coefficient (Wildman–Crippen LogP) is 5.39. The number of halogens is 1. The second-order valence-electron chi connectivity index (χ2n) is 8.61. The molecule has 2 N–H and O–H groups in total. The number of para-hydroxylation sites is 1. The van der Waals surface area contributed by atoms with Crippen molar-refractivity contribution in [2.75, 3.05) is 13.7 Å². The van der Waals surface area contributed by atoms with E-state index in [0.717, 1.165) is 27.6 Å². The third-order valence-electron chi connectivity index (χ3n) is 6.55. The standard InChI is InChI=1S/C27H26ClN3O2.H2S/c1-33-26-22(15-19-5-2-3-7-23(19)31-26)25(18-8-10-21(28)11-9-18)27(32)12-14-30-24(16-27)20-6-4-13-29-17-20;/h2-11,13,15,17,24-25,30,32H,12,14,16H2,1H3;1H2. The van der Waals surface area contributed by atoms with Gasteiger partial charge in [0, 0.05) is 40.3 Å². The molecule has 2 aromatic heterocycles. The third-order valence-corrected chi connectivity index (χ3v) is 6.81. The Morgan fingerprint density at radius 2 is 1.91 bits per heavy atom. The molecular formula is C27H28ClN3O2S. The number of rotatable bonds is 5.